The molecular weight excluding hydrogens is 342 g/mol. The average molecular weight is 371 g/mol. The molecule has 6 heteroatoms. The van der Waals surface area contributed by atoms with Crippen molar-refractivity contribution in [1.82, 2.24) is 14.8 Å². The summed E-state index contributed by atoms with van der Waals surface area (Å²) in [4.78, 5) is 28.4. The molecule has 6 nitrogen and oxygen atoms in total. The highest BCUT2D eigenvalue weighted by atomic mass is 16.3. The maximum Gasteiger partial charge on any atom is 0.271 e. The molecule has 3 heterocycles. The van der Waals surface area contributed by atoms with E-state index in [4.69, 9.17) is 4.42 Å². The van der Waals surface area contributed by atoms with Crippen LogP contribution in [0.15, 0.2) is 22.8 Å². The van der Waals surface area contributed by atoms with Crippen LogP contribution < -0.4 is 5.32 Å². The van der Waals surface area contributed by atoms with E-state index in [9.17, 15) is 9.59 Å². The molecule has 0 radical (unpaired) electrons. The highest BCUT2D eigenvalue weighted by molar-refractivity contribution is 6.02. The number of hydrogen-bond donors (Lipinski definition) is 1. The highest BCUT2D eigenvalue weighted by Gasteiger charge is 2.48. The van der Waals surface area contributed by atoms with E-state index in [-0.39, 0.29) is 17.9 Å². The maximum absolute atomic E-state index is 13.4. The molecule has 1 aliphatic heterocycles. The quantitative estimate of drug-likeness (QED) is 0.894. The standard InChI is InChI=1S/C21H29N3O3/c1-4-10-24-19(25)17-12-18-16(9-11-27-18)23(17)13-21(24,3)20(26)22-15-8-6-5-7-14(15)2/h9,11-12,14-15H,4-8,10,13H2,1-3H3,(H,22,26). The van der Waals surface area contributed by atoms with Crippen LogP contribution in [0.1, 0.15) is 63.4 Å². The number of aromatic nitrogens is 1. The van der Waals surface area contributed by atoms with E-state index in [1.807, 2.05) is 24.5 Å². The van der Waals surface area contributed by atoms with Crippen LogP contribution in [0.2, 0.25) is 0 Å². The minimum Gasteiger partial charge on any atom is -0.463 e. The third-order valence-corrected chi connectivity index (χ3v) is 6.41. The molecule has 3 unspecified atom stereocenters. The molecule has 146 valence electrons. The molecule has 0 spiro atoms. The molecule has 1 saturated carbocycles. The first-order valence-corrected chi connectivity index (χ1v) is 10.2. The van der Waals surface area contributed by atoms with Gasteiger partial charge in [-0.05, 0) is 32.1 Å². The molecule has 2 aromatic heterocycles. The lowest BCUT2D eigenvalue weighted by Crippen LogP contribution is -2.65. The van der Waals surface area contributed by atoms with Crippen LogP contribution in [0.25, 0.3) is 11.1 Å². The van der Waals surface area contributed by atoms with E-state index < -0.39 is 5.54 Å². The van der Waals surface area contributed by atoms with Gasteiger partial charge in [0.2, 0.25) is 5.91 Å². The van der Waals surface area contributed by atoms with Crippen LogP contribution >= 0.6 is 0 Å². The molecule has 1 fully saturated rings. The molecule has 0 aromatic carbocycles. The summed E-state index contributed by atoms with van der Waals surface area (Å²) in [7, 11) is 0. The van der Waals surface area contributed by atoms with Crippen molar-refractivity contribution in [2.75, 3.05) is 6.54 Å². The van der Waals surface area contributed by atoms with Gasteiger partial charge in [-0.3, -0.25) is 9.59 Å². The summed E-state index contributed by atoms with van der Waals surface area (Å²) in [6.07, 6.45) is 6.99. The molecule has 3 atom stereocenters. The van der Waals surface area contributed by atoms with Crippen molar-refractivity contribution in [3.05, 3.63) is 24.1 Å². The Balaban J connectivity index is 1.68. The highest BCUT2D eigenvalue weighted by Crippen LogP contribution is 2.33. The smallest absolute Gasteiger partial charge is 0.271 e. The zero-order chi connectivity index (χ0) is 19.2. The number of hydrogen-bond acceptors (Lipinski definition) is 3. The number of carbonyl (C=O) groups is 2. The van der Waals surface area contributed by atoms with Crippen LogP contribution in [-0.4, -0.2) is 39.4 Å². The SMILES string of the molecule is CCCN1C(=O)c2cc3occc3n2CC1(C)C(=O)NC1CCCCC1C. The monoisotopic (exact) mass is 371 g/mol. The molecule has 1 N–H and O–H groups in total. The lowest BCUT2D eigenvalue weighted by atomic mass is 9.85. The fourth-order valence-corrected chi connectivity index (χ4v) is 4.70. The number of amides is 2. The fourth-order valence-electron chi connectivity index (χ4n) is 4.70. The Morgan fingerprint density at radius 3 is 2.89 bits per heavy atom. The van der Waals surface area contributed by atoms with E-state index in [0.29, 0.717) is 30.3 Å². The van der Waals surface area contributed by atoms with Crippen LogP contribution in [0.3, 0.4) is 0 Å². The zero-order valence-corrected chi connectivity index (χ0v) is 16.5. The second-order valence-electron chi connectivity index (χ2n) is 8.36. The van der Waals surface area contributed by atoms with Gasteiger partial charge in [-0.1, -0.05) is 26.7 Å². The van der Waals surface area contributed by atoms with Gasteiger partial charge in [-0.15, -0.1) is 0 Å². The molecule has 2 aliphatic rings. The van der Waals surface area contributed by atoms with E-state index >= 15 is 0 Å². The summed E-state index contributed by atoms with van der Waals surface area (Å²) in [5.41, 5.74) is 1.27. The topological polar surface area (TPSA) is 67.5 Å². The summed E-state index contributed by atoms with van der Waals surface area (Å²) < 4.78 is 7.43. The van der Waals surface area contributed by atoms with Gasteiger partial charge >= 0.3 is 0 Å². The summed E-state index contributed by atoms with van der Waals surface area (Å²) in [6.45, 7) is 7.16. The number of nitrogens with zero attached hydrogens (tertiary/aromatic N) is 2. The Bertz CT molecular complexity index is 867. The van der Waals surface area contributed by atoms with Gasteiger partial charge in [0, 0.05) is 24.7 Å². The summed E-state index contributed by atoms with van der Waals surface area (Å²) in [5.74, 6) is 0.343. The minimum atomic E-state index is -0.902. The minimum absolute atomic E-state index is 0.0426. The van der Waals surface area contributed by atoms with Gasteiger partial charge in [-0.2, -0.15) is 0 Å². The Kier molecular flexibility index (Phi) is 4.52. The lowest BCUT2D eigenvalue weighted by Gasteiger charge is -2.45. The van der Waals surface area contributed by atoms with Crippen molar-refractivity contribution in [2.45, 2.75) is 71.0 Å². The molecule has 2 aromatic rings. The third kappa shape index (κ3) is 2.86. The number of rotatable bonds is 4. The summed E-state index contributed by atoms with van der Waals surface area (Å²) in [5, 5.41) is 3.28. The first-order valence-electron chi connectivity index (χ1n) is 10.2. The van der Waals surface area contributed by atoms with Crippen molar-refractivity contribution in [3.8, 4) is 0 Å². The summed E-state index contributed by atoms with van der Waals surface area (Å²) in [6, 6.07) is 3.85. The van der Waals surface area contributed by atoms with Crippen LogP contribution in [0, 0.1) is 5.92 Å². The normalized spacial score (nSPS) is 28.4. The second-order valence-corrected chi connectivity index (χ2v) is 8.36. The second kappa shape index (κ2) is 6.73. The molecule has 2 amide bonds. The number of fused-ring (bicyclic) bond motifs is 3. The molecule has 4 rings (SSSR count). The van der Waals surface area contributed by atoms with Gasteiger partial charge in [0.05, 0.1) is 18.3 Å². The van der Waals surface area contributed by atoms with E-state index in [1.54, 1.807) is 17.2 Å². The molecular formula is C21H29N3O3. The maximum atomic E-state index is 13.4. The molecule has 1 aliphatic carbocycles. The first kappa shape index (κ1) is 18.1. The Morgan fingerprint density at radius 1 is 1.37 bits per heavy atom. The predicted molar refractivity (Wildman–Crippen MR) is 103 cm³/mol. The van der Waals surface area contributed by atoms with Gasteiger partial charge in [0.1, 0.15) is 11.2 Å². The van der Waals surface area contributed by atoms with Crippen LogP contribution in [0.4, 0.5) is 0 Å². The molecule has 0 saturated heterocycles. The van der Waals surface area contributed by atoms with Crippen molar-refractivity contribution < 1.29 is 14.0 Å². The zero-order valence-electron chi connectivity index (χ0n) is 16.5. The number of carbonyl (C=O) groups excluding carboxylic acids is 2. The number of furan rings is 1. The third-order valence-electron chi connectivity index (χ3n) is 6.41. The van der Waals surface area contributed by atoms with Crippen molar-refractivity contribution in [1.29, 1.82) is 0 Å². The van der Waals surface area contributed by atoms with Gasteiger partial charge in [0.25, 0.3) is 5.91 Å². The Morgan fingerprint density at radius 2 is 2.15 bits per heavy atom. The van der Waals surface area contributed by atoms with Crippen molar-refractivity contribution in [3.63, 3.8) is 0 Å². The predicted octanol–water partition coefficient (Wildman–Crippen LogP) is 3.55. The van der Waals surface area contributed by atoms with Crippen LogP contribution in [0.5, 0.6) is 0 Å². The van der Waals surface area contributed by atoms with E-state index in [2.05, 4.69) is 12.2 Å². The van der Waals surface area contributed by atoms with Crippen molar-refractivity contribution >= 4 is 22.9 Å². The fraction of sp³-hybridized carbons (Fsp3) is 0.619. The van der Waals surface area contributed by atoms with Crippen LogP contribution in [-0.2, 0) is 11.3 Å². The molecule has 0 bridgehead atoms. The van der Waals surface area contributed by atoms with E-state index in [0.717, 1.165) is 31.2 Å². The Hall–Kier alpha value is -2.24. The van der Waals surface area contributed by atoms with E-state index in [1.165, 1.54) is 6.42 Å². The van der Waals surface area contributed by atoms with Gasteiger partial charge in [0.15, 0.2) is 5.58 Å². The lowest BCUT2D eigenvalue weighted by molar-refractivity contribution is -0.134. The Labute approximate surface area is 159 Å². The van der Waals surface area contributed by atoms with Gasteiger partial charge < -0.3 is 19.2 Å². The largest absolute Gasteiger partial charge is 0.463 e. The molecule has 27 heavy (non-hydrogen) atoms. The van der Waals surface area contributed by atoms with Gasteiger partial charge in [-0.25, -0.2) is 0 Å². The van der Waals surface area contributed by atoms with Crippen molar-refractivity contribution in [2.24, 2.45) is 5.92 Å². The first-order chi connectivity index (χ1) is 13.0. The average Bonchev–Trinajstić information content (AvgIpc) is 3.23. The number of nitrogens with one attached hydrogen (secondary N) is 1. The summed E-state index contributed by atoms with van der Waals surface area (Å²) >= 11 is 0.